The van der Waals surface area contributed by atoms with Crippen LogP contribution in [0.2, 0.25) is 0 Å². The molecule has 0 radical (unpaired) electrons. The Balaban J connectivity index is 2.11. The highest BCUT2D eigenvalue weighted by Gasteiger charge is 2.18. The Labute approximate surface area is 116 Å². The molecule has 2 N–H and O–H groups in total. The first-order valence-corrected chi connectivity index (χ1v) is 6.51. The zero-order chi connectivity index (χ0) is 13.4. The zero-order valence-electron chi connectivity index (χ0n) is 10.1. The van der Waals surface area contributed by atoms with Crippen molar-refractivity contribution in [2.45, 2.75) is 6.04 Å². The molecular formula is C13H11BrN2O3. The summed E-state index contributed by atoms with van der Waals surface area (Å²) in [4.78, 5) is 13.8. The van der Waals surface area contributed by atoms with Gasteiger partial charge in [-0.25, -0.2) is 4.79 Å². The van der Waals surface area contributed by atoms with Crippen LogP contribution in [-0.4, -0.2) is 12.0 Å². The second-order valence-corrected chi connectivity index (χ2v) is 4.86. The number of hydrogen-bond acceptors (Lipinski definition) is 4. The molecule has 3 rings (SSSR count). The Kier molecular flexibility index (Phi) is 3.04. The van der Waals surface area contributed by atoms with Gasteiger partial charge in [0.2, 0.25) is 0 Å². The first-order chi connectivity index (χ1) is 9.19. The van der Waals surface area contributed by atoms with E-state index in [1.54, 1.807) is 6.26 Å². The number of hydrogen-bond donors (Lipinski definition) is 2. The second kappa shape index (κ2) is 4.71. The summed E-state index contributed by atoms with van der Waals surface area (Å²) >= 11 is 3.37. The molecule has 1 atom stereocenters. The molecule has 2 aromatic heterocycles. The summed E-state index contributed by atoms with van der Waals surface area (Å²) in [5.41, 5.74) is 3.21. The summed E-state index contributed by atoms with van der Waals surface area (Å²) in [7, 11) is 1.86. The Morgan fingerprint density at radius 3 is 2.89 bits per heavy atom. The average molecular weight is 323 g/mol. The summed E-state index contributed by atoms with van der Waals surface area (Å²) in [5, 5.41) is 3.21. The molecule has 0 spiro atoms. The van der Waals surface area contributed by atoms with Gasteiger partial charge < -0.3 is 14.2 Å². The van der Waals surface area contributed by atoms with Crippen LogP contribution >= 0.6 is 15.9 Å². The predicted octanol–water partition coefficient (Wildman–Crippen LogP) is 2.79. The van der Waals surface area contributed by atoms with Crippen LogP contribution in [0.3, 0.4) is 0 Å². The molecule has 3 aromatic rings. The first kappa shape index (κ1) is 12.3. The summed E-state index contributed by atoms with van der Waals surface area (Å²) in [6, 6.07) is 7.46. The number of benzene rings is 1. The molecule has 2 heterocycles. The van der Waals surface area contributed by atoms with Crippen LogP contribution in [0.5, 0.6) is 0 Å². The van der Waals surface area contributed by atoms with Crippen LogP contribution in [0.15, 0.2) is 48.8 Å². The number of fused-ring (bicyclic) bond motifs is 1. The van der Waals surface area contributed by atoms with Gasteiger partial charge in [-0.2, -0.15) is 0 Å². The molecule has 1 unspecified atom stereocenters. The van der Waals surface area contributed by atoms with E-state index < -0.39 is 5.76 Å². The largest absolute Gasteiger partial charge is 0.457 e. The SMILES string of the molecule is CNC(c1ccc2[nH]c(=O)oc2c1)c1ccoc1Br. The van der Waals surface area contributed by atoms with Crippen molar-refractivity contribution in [3.05, 3.63) is 56.9 Å². The summed E-state index contributed by atoms with van der Waals surface area (Å²) in [6.07, 6.45) is 1.62. The topological polar surface area (TPSA) is 71.2 Å². The highest BCUT2D eigenvalue weighted by atomic mass is 79.9. The molecule has 0 aliphatic carbocycles. The Bertz CT molecular complexity index is 771. The predicted molar refractivity (Wildman–Crippen MR) is 74.1 cm³/mol. The van der Waals surface area contributed by atoms with Crippen molar-refractivity contribution in [3.63, 3.8) is 0 Å². The maximum Gasteiger partial charge on any atom is 0.417 e. The molecule has 0 saturated heterocycles. The van der Waals surface area contributed by atoms with Crippen molar-refractivity contribution in [1.82, 2.24) is 10.3 Å². The van der Waals surface area contributed by atoms with Crippen molar-refractivity contribution in [2.24, 2.45) is 0 Å². The van der Waals surface area contributed by atoms with E-state index in [2.05, 4.69) is 26.2 Å². The summed E-state index contributed by atoms with van der Waals surface area (Å²) < 4.78 is 11.0. The summed E-state index contributed by atoms with van der Waals surface area (Å²) in [5.74, 6) is -0.447. The van der Waals surface area contributed by atoms with Gasteiger partial charge in [0.1, 0.15) is 0 Å². The van der Waals surface area contributed by atoms with Crippen LogP contribution < -0.4 is 11.1 Å². The van der Waals surface area contributed by atoms with Crippen LogP contribution in [0.1, 0.15) is 17.2 Å². The van der Waals surface area contributed by atoms with Gasteiger partial charge in [0.15, 0.2) is 10.3 Å². The molecule has 0 amide bonds. The van der Waals surface area contributed by atoms with Gasteiger partial charge in [0, 0.05) is 5.56 Å². The fourth-order valence-electron chi connectivity index (χ4n) is 2.15. The number of rotatable bonds is 3. The molecular weight excluding hydrogens is 312 g/mol. The smallest absolute Gasteiger partial charge is 0.417 e. The van der Waals surface area contributed by atoms with Crippen LogP contribution in [0.25, 0.3) is 11.1 Å². The number of oxazole rings is 1. The highest BCUT2D eigenvalue weighted by molar-refractivity contribution is 9.10. The van der Waals surface area contributed by atoms with E-state index in [4.69, 9.17) is 8.83 Å². The Morgan fingerprint density at radius 2 is 2.21 bits per heavy atom. The van der Waals surface area contributed by atoms with Crippen molar-refractivity contribution >= 4 is 27.0 Å². The maximum atomic E-state index is 11.2. The molecule has 6 heteroatoms. The molecule has 5 nitrogen and oxygen atoms in total. The third-order valence-electron chi connectivity index (χ3n) is 3.02. The second-order valence-electron chi connectivity index (χ2n) is 4.14. The standard InChI is InChI=1S/C13H11BrN2O3/c1-15-11(8-4-5-18-12(8)14)7-2-3-9-10(6-7)19-13(17)16-9/h2-6,11,15H,1H3,(H,16,17). The van der Waals surface area contributed by atoms with Gasteiger partial charge in [-0.05, 0) is 46.7 Å². The quantitative estimate of drug-likeness (QED) is 0.777. The van der Waals surface area contributed by atoms with E-state index in [0.717, 1.165) is 11.1 Å². The fourth-order valence-corrected chi connectivity index (χ4v) is 2.62. The van der Waals surface area contributed by atoms with Crippen molar-refractivity contribution < 1.29 is 8.83 Å². The Hall–Kier alpha value is -1.79. The monoisotopic (exact) mass is 322 g/mol. The van der Waals surface area contributed by atoms with Gasteiger partial charge in [-0.1, -0.05) is 6.07 Å². The lowest BCUT2D eigenvalue weighted by atomic mass is 10.0. The van der Waals surface area contributed by atoms with E-state index in [0.29, 0.717) is 15.8 Å². The molecule has 0 fully saturated rings. The van der Waals surface area contributed by atoms with Crippen LogP contribution in [0.4, 0.5) is 0 Å². The first-order valence-electron chi connectivity index (χ1n) is 5.72. The minimum Gasteiger partial charge on any atom is -0.457 e. The van der Waals surface area contributed by atoms with Crippen LogP contribution in [-0.2, 0) is 0 Å². The third kappa shape index (κ3) is 2.13. The zero-order valence-corrected chi connectivity index (χ0v) is 11.7. The highest BCUT2D eigenvalue weighted by Crippen LogP contribution is 2.30. The number of aromatic amines is 1. The van der Waals surface area contributed by atoms with Crippen molar-refractivity contribution in [1.29, 1.82) is 0 Å². The molecule has 1 aromatic carbocycles. The van der Waals surface area contributed by atoms with E-state index >= 15 is 0 Å². The van der Waals surface area contributed by atoms with Gasteiger partial charge >= 0.3 is 5.76 Å². The summed E-state index contributed by atoms with van der Waals surface area (Å²) in [6.45, 7) is 0. The molecule has 0 bridgehead atoms. The number of H-pyrrole nitrogens is 1. The van der Waals surface area contributed by atoms with Gasteiger partial charge in [-0.3, -0.25) is 4.98 Å². The minimum absolute atomic E-state index is 0.0438. The minimum atomic E-state index is -0.447. The lowest BCUT2D eigenvalue weighted by molar-refractivity contribution is 0.529. The molecule has 0 saturated carbocycles. The molecule has 0 aliphatic heterocycles. The number of aromatic nitrogens is 1. The molecule has 98 valence electrons. The van der Waals surface area contributed by atoms with E-state index in [9.17, 15) is 4.79 Å². The van der Waals surface area contributed by atoms with Gasteiger partial charge in [0.05, 0.1) is 17.8 Å². The third-order valence-corrected chi connectivity index (χ3v) is 3.67. The van der Waals surface area contributed by atoms with E-state index in [1.165, 1.54) is 0 Å². The number of halogens is 1. The molecule has 19 heavy (non-hydrogen) atoms. The number of nitrogens with one attached hydrogen (secondary N) is 2. The van der Waals surface area contributed by atoms with E-state index in [-0.39, 0.29) is 6.04 Å². The van der Waals surface area contributed by atoms with Gasteiger partial charge in [-0.15, -0.1) is 0 Å². The lowest BCUT2D eigenvalue weighted by Crippen LogP contribution is -2.17. The maximum absolute atomic E-state index is 11.2. The van der Waals surface area contributed by atoms with Crippen molar-refractivity contribution in [2.75, 3.05) is 7.05 Å². The van der Waals surface area contributed by atoms with Crippen molar-refractivity contribution in [3.8, 4) is 0 Å². The van der Waals surface area contributed by atoms with E-state index in [1.807, 2.05) is 31.3 Å². The Morgan fingerprint density at radius 1 is 1.37 bits per heavy atom. The normalized spacial score (nSPS) is 12.9. The fraction of sp³-hybridized carbons (Fsp3) is 0.154. The molecule has 0 aliphatic rings. The number of furan rings is 1. The lowest BCUT2D eigenvalue weighted by Gasteiger charge is -2.15. The average Bonchev–Trinajstić information content (AvgIpc) is 2.95. The van der Waals surface area contributed by atoms with Crippen LogP contribution in [0, 0.1) is 0 Å². The van der Waals surface area contributed by atoms with Gasteiger partial charge in [0.25, 0.3) is 0 Å².